The number of thiophene rings is 1. The summed E-state index contributed by atoms with van der Waals surface area (Å²) in [6.45, 7) is 7.93. The number of nitrogens with zero attached hydrogens (tertiary/aromatic N) is 4. The highest BCUT2D eigenvalue weighted by Crippen LogP contribution is 2.41. The van der Waals surface area contributed by atoms with Crippen molar-refractivity contribution in [2.24, 2.45) is 5.41 Å². The molecule has 1 spiro atoms. The maximum atomic E-state index is 10.6. The second kappa shape index (κ2) is 8.04. The number of alkyl halides is 3. The zero-order chi connectivity index (χ0) is 20.4. The Bertz CT molecular complexity index is 807. The van der Waals surface area contributed by atoms with E-state index >= 15 is 0 Å². The summed E-state index contributed by atoms with van der Waals surface area (Å²) in [7, 11) is 0. The first-order valence-corrected chi connectivity index (χ1v) is 9.58. The number of hydrogen-bond acceptors (Lipinski definition) is 6. The maximum Gasteiger partial charge on any atom is 0.490 e. The van der Waals surface area contributed by atoms with Gasteiger partial charge in [-0.2, -0.15) is 13.2 Å². The minimum atomic E-state index is -5.08. The highest BCUT2D eigenvalue weighted by molar-refractivity contribution is 7.11. The number of carbonyl (C=O) groups is 1. The van der Waals surface area contributed by atoms with Crippen LogP contribution in [0.15, 0.2) is 30.6 Å². The fourth-order valence-electron chi connectivity index (χ4n) is 3.62. The van der Waals surface area contributed by atoms with Crippen LogP contribution >= 0.6 is 11.3 Å². The number of aromatic nitrogens is 2. The zero-order valence-electron chi connectivity index (χ0n) is 15.3. The third-order valence-corrected chi connectivity index (χ3v) is 5.79. The van der Waals surface area contributed by atoms with E-state index < -0.39 is 12.1 Å². The van der Waals surface area contributed by atoms with Crippen LogP contribution in [0.1, 0.15) is 16.2 Å². The van der Waals surface area contributed by atoms with Gasteiger partial charge in [0.25, 0.3) is 0 Å². The molecule has 28 heavy (non-hydrogen) atoms. The van der Waals surface area contributed by atoms with Crippen molar-refractivity contribution in [3.63, 3.8) is 0 Å². The van der Waals surface area contributed by atoms with Crippen molar-refractivity contribution in [3.05, 3.63) is 40.3 Å². The molecule has 2 aliphatic heterocycles. The molecule has 0 amide bonds. The molecule has 1 N–H and O–H groups in total. The fourth-order valence-corrected chi connectivity index (χ4v) is 4.56. The molecule has 0 aromatic carbocycles. The van der Waals surface area contributed by atoms with E-state index in [2.05, 4.69) is 38.8 Å². The molecular formula is C18H21F3N4O2S. The molecule has 4 rings (SSSR count). The van der Waals surface area contributed by atoms with E-state index in [0.29, 0.717) is 5.41 Å². The molecule has 0 radical (unpaired) electrons. The second-order valence-electron chi connectivity index (χ2n) is 7.18. The summed E-state index contributed by atoms with van der Waals surface area (Å²) in [5.74, 6) is -1.87. The maximum absolute atomic E-state index is 10.6. The van der Waals surface area contributed by atoms with E-state index in [0.717, 1.165) is 25.6 Å². The minimum absolute atomic E-state index is 0.478. The number of carboxylic acid groups (broad SMARTS) is 1. The lowest BCUT2D eigenvalue weighted by Crippen LogP contribution is -2.56. The third kappa shape index (κ3) is 4.99. The Hall–Kier alpha value is -2.20. The normalized spacial score (nSPS) is 18.5. The fraction of sp³-hybridized carbons (Fsp3) is 0.500. The standard InChI is InChI=1S/C16H20N4S.C2HF3O2/c1-13-3-4-14(21-13)9-19-10-16(11-19)5-8-20(12-16)15-17-6-2-7-18-15;3-2(4,5)1(6)7/h2-4,6-7H,5,8-12H2,1H3;(H,6,7). The van der Waals surface area contributed by atoms with Crippen molar-refractivity contribution in [2.75, 3.05) is 31.1 Å². The summed E-state index contributed by atoms with van der Waals surface area (Å²) in [5.41, 5.74) is 0.478. The molecule has 0 unspecified atom stereocenters. The lowest BCUT2D eigenvalue weighted by molar-refractivity contribution is -0.192. The summed E-state index contributed by atoms with van der Waals surface area (Å²) in [6.07, 6.45) is -0.149. The third-order valence-electron chi connectivity index (χ3n) is 4.81. The van der Waals surface area contributed by atoms with Crippen molar-refractivity contribution in [3.8, 4) is 0 Å². The Morgan fingerprint density at radius 3 is 2.43 bits per heavy atom. The van der Waals surface area contributed by atoms with E-state index in [9.17, 15) is 13.2 Å². The quantitative estimate of drug-likeness (QED) is 0.832. The van der Waals surface area contributed by atoms with Crippen LogP contribution in [0.4, 0.5) is 19.1 Å². The highest BCUT2D eigenvalue weighted by Gasteiger charge is 2.47. The van der Waals surface area contributed by atoms with Gasteiger partial charge in [-0.1, -0.05) is 0 Å². The molecule has 2 fully saturated rings. The Morgan fingerprint density at radius 2 is 1.89 bits per heavy atom. The second-order valence-corrected chi connectivity index (χ2v) is 8.55. The van der Waals surface area contributed by atoms with Gasteiger partial charge in [-0.3, -0.25) is 4.90 Å². The average Bonchev–Trinajstić information content (AvgIpc) is 3.22. The van der Waals surface area contributed by atoms with Crippen LogP contribution in [0.5, 0.6) is 0 Å². The molecule has 2 saturated heterocycles. The van der Waals surface area contributed by atoms with Gasteiger partial charge in [-0.25, -0.2) is 14.8 Å². The van der Waals surface area contributed by atoms with Gasteiger partial charge in [-0.15, -0.1) is 11.3 Å². The average molecular weight is 414 g/mol. The first-order valence-electron chi connectivity index (χ1n) is 8.77. The summed E-state index contributed by atoms with van der Waals surface area (Å²) in [6, 6.07) is 6.37. The van der Waals surface area contributed by atoms with Crippen LogP contribution in [0.25, 0.3) is 0 Å². The first-order chi connectivity index (χ1) is 13.2. The first kappa shape index (κ1) is 20.5. The van der Waals surface area contributed by atoms with Crippen molar-refractivity contribution in [1.82, 2.24) is 14.9 Å². The Balaban J connectivity index is 0.000000279. The topological polar surface area (TPSA) is 69.6 Å². The zero-order valence-corrected chi connectivity index (χ0v) is 16.1. The Labute approximate surface area is 164 Å². The SMILES string of the molecule is Cc1ccc(CN2CC3(CCN(c4ncccn4)C3)C2)s1.O=C(O)C(F)(F)F. The van der Waals surface area contributed by atoms with Gasteiger partial charge in [0.2, 0.25) is 5.95 Å². The van der Waals surface area contributed by atoms with Crippen LogP contribution < -0.4 is 4.90 Å². The minimum Gasteiger partial charge on any atom is -0.475 e. The van der Waals surface area contributed by atoms with E-state index in [1.807, 2.05) is 29.8 Å². The van der Waals surface area contributed by atoms with Gasteiger partial charge in [0.05, 0.1) is 0 Å². The number of rotatable bonds is 3. The van der Waals surface area contributed by atoms with Gasteiger partial charge in [0.15, 0.2) is 0 Å². The van der Waals surface area contributed by atoms with Crippen molar-refractivity contribution in [1.29, 1.82) is 0 Å². The molecule has 6 nitrogen and oxygen atoms in total. The van der Waals surface area contributed by atoms with Gasteiger partial charge in [0, 0.05) is 60.3 Å². The van der Waals surface area contributed by atoms with Crippen LogP contribution in [-0.4, -0.2) is 58.3 Å². The number of hydrogen-bond donors (Lipinski definition) is 1. The van der Waals surface area contributed by atoms with Crippen LogP contribution in [0, 0.1) is 12.3 Å². The number of likely N-dealkylation sites (tertiary alicyclic amines) is 1. The number of carboxylic acids is 1. The summed E-state index contributed by atoms with van der Waals surface area (Å²) >= 11 is 1.92. The van der Waals surface area contributed by atoms with Crippen molar-refractivity contribution < 1.29 is 23.1 Å². The van der Waals surface area contributed by atoms with Gasteiger partial charge < -0.3 is 10.0 Å². The molecule has 2 aromatic heterocycles. The summed E-state index contributed by atoms with van der Waals surface area (Å²) < 4.78 is 31.7. The monoisotopic (exact) mass is 414 g/mol. The molecule has 0 aliphatic carbocycles. The van der Waals surface area contributed by atoms with E-state index in [4.69, 9.17) is 9.90 Å². The molecule has 2 aliphatic rings. The molecule has 10 heteroatoms. The van der Waals surface area contributed by atoms with Gasteiger partial charge in [-0.05, 0) is 31.5 Å². The molecule has 0 atom stereocenters. The number of halogens is 3. The van der Waals surface area contributed by atoms with E-state index in [1.165, 1.54) is 29.3 Å². The molecule has 0 saturated carbocycles. The number of aryl methyl sites for hydroxylation is 1. The smallest absolute Gasteiger partial charge is 0.475 e. The van der Waals surface area contributed by atoms with Gasteiger partial charge >= 0.3 is 12.1 Å². The number of anilines is 1. The predicted octanol–water partition coefficient (Wildman–Crippen LogP) is 3.19. The Kier molecular flexibility index (Phi) is 5.90. The summed E-state index contributed by atoms with van der Waals surface area (Å²) in [5, 5.41) is 7.12. The van der Waals surface area contributed by atoms with Crippen molar-refractivity contribution >= 4 is 23.3 Å². The Morgan fingerprint density at radius 1 is 1.25 bits per heavy atom. The lowest BCUT2D eigenvalue weighted by atomic mass is 9.79. The molecule has 152 valence electrons. The van der Waals surface area contributed by atoms with Crippen LogP contribution in [0.3, 0.4) is 0 Å². The van der Waals surface area contributed by atoms with Crippen LogP contribution in [0.2, 0.25) is 0 Å². The van der Waals surface area contributed by atoms with E-state index in [-0.39, 0.29) is 0 Å². The largest absolute Gasteiger partial charge is 0.490 e. The van der Waals surface area contributed by atoms with Crippen LogP contribution in [-0.2, 0) is 11.3 Å². The highest BCUT2D eigenvalue weighted by atomic mass is 32.1. The number of aliphatic carboxylic acids is 1. The van der Waals surface area contributed by atoms with E-state index in [1.54, 1.807) is 0 Å². The molecule has 0 bridgehead atoms. The molecular weight excluding hydrogens is 393 g/mol. The molecule has 4 heterocycles. The van der Waals surface area contributed by atoms with Crippen molar-refractivity contribution in [2.45, 2.75) is 26.1 Å². The predicted molar refractivity (Wildman–Crippen MR) is 99.3 cm³/mol. The van der Waals surface area contributed by atoms with Gasteiger partial charge in [0.1, 0.15) is 0 Å². The lowest BCUT2D eigenvalue weighted by Gasteiger charge is -2.48. The summed E-state index contributed by atoms with van der Waals surface area (Å²) in [4.78, 5) is 25.5. The molecule has 2 aromatic rings.